The normalized spacial score (nSPS) is 21.6. The predicted octanol–water partition coefficient (Wildman–Crippen LogP) is 4.90. The highest BCUT2D eigenvalue weighted by Crippen LogP contribution is 2.56. The van der Waals surface area contributed by atoms with E-state index >= 15 is 0 Å². The van der Waals surface area contributed by atoms with Crippen molar-refractivity contribution in [2.45, 2.75) is 25.0 Å². The van der Waals surface area contributed by atoms with E-state index in [1.165, 1.54) is 13.2 Å². The molecule has 0 fully saturated rings. The number of hydrogen-bond donors (Lipinski definition) is 0. The Morgan fingerprint density at radius 2 is 2.00 bits per heavy atom. The van der Waals surface area contributed by atoms with Crippen LogP contribution >= 0.6 is 15.9 Å². The van der Waals surface area contributed by atoms with E-state index in [-0.39, 0.29) is 11.4 Å². The van der Waals surface area contributed by atoms with Crippen LogP contribution in [0, 0.1) is 10.1 Å². The predicted molar refractivity (Wildman–Crippen MR) is 108 cm³/mol. The number of benzene rings is 2. The summed E-state index contributed by atoms with van der Waals surface area (Å²) in [6.45, 7) is 4.18. The number of likely N-dealkylation sites (N-methyl/N-ethyl adjacent to an activating group) is 1. The largest absolute Gasteiger partial charge is 0.496 e. The molecule has 0 N–H and O–H groups in total. The summed E-state index contributed by atoms with van der Waals surface area (Å²) in [6, 6.07) is 9.24. The standard InChI is InChI=1S/C20H19BrN2O4/c1-19(2)15-10-13(21)5-6-16(15)22(3)20(19)8-7-12-9-14(26-4)11-17(23(24)25)18(12)27-20/h5-11H,1-4H3. The molecule has 0 saturated heterocycles. The van der Waals surface area contributed by atoms with Gasteiger partial charge < -0.3 is 14.4 Å². The van der Waals surface area contributed by atoms with E-state index < -0.39 is 16.1 Å². The Balaban J connectivity index is 1.92. The molecule has 140 valence electrons. The van der Waals surface area contributed by atoms with Gasteiger partial charge in [0.2, 0.25) is 11.5 Å². The van der Waals surface area contributed by atoms with Gasteiger partial charge in [-0.15, -0.1) is 0 Å². The van der Waals surface area contributed by atoms with Crippen molar-refractivity contribution in [2.24, 2.45) is 0 Å². The van der Waals surface area contributed by atoms with Gasteiger partial charge in [0.05, 0.1) is 23.5 Å². The molecule has 2 aliphatic heterocycles. The fourth-order valence-electron chi connectivity index (χ4n) is 4.10. The molecule has 2 aliphatic rings. The van der Waals surface area contributed by atoms with Crippen LogP contribution in [-0.2, 0) is 5.41 Å². The number of methoxy groups -OCH3 is 1. The average molecular weight is 431 g/mol. The summed E-state index contributed by atoms with van der Waals surface area (Å²) in [5, 5.41) is 11.7. The summed E-state index contributed by atoms with van der Waals surface area (Å²) >= 11 is 3.54. The number of nitrogens with zero attached hydrogens (tertiary/aromatic N) is 2. The minimum absolute atomic E-state index is 0.102. The summed E-state index contributed by atoms with van der Waals surface area (Å²) in [5.41, 5.74) is 1.37. The van der Waals surface area contributed by atoms with E-state index in [0.29, 0.717) is 11.3 Å². The van der Waals surface area contributed by atoms with Crippen LogP contribution in [0.4, 0.5) is 11.4 Å². The number of nitro benzene ring substituents is 1. The third-order valence-electron chi connectivity index (χ3n) is 5.64. The first-order valence-corrected chi connectivity index (χ1v) is 9.29. The maximum Gasteiger partial charge on any atom is 0.315 e. The lowest BCUT2D eigenvalue weighted by Gasteiger charge is -2.45. The molecule has 0 radical (unpaired) electrons. The molecule has 0 aromatic heterocycles. The first-order valence-electron chi connectivity index (χ1n) is 8.50. The molecule has 6 nitrogen and oxygen atoms in total. The topological polar surface area (TPSA) is 64.8 Å². The van der Waals surface area contributed by atoms with Crippen LogP contribution < -0.4 is 14.4 Å². The lowest BCUT2D eigenvalue weighted by Crippen LogP contribution is -2.58. The van der Waals surface area contributed by atoms with E-state index in [4.69, 9.17) is 9.47 Å². The van der Waals surface area contributed by atoms with Crippen molar-refractivity contribution in [3.05, 3.63) is 62.1 Å². The highest BCUT2D eigenvalue weighted by atomic mass is 79.9. The fourth-order valence-corrected chi connectivity index (χ4v) is 4.46. The van der Waals surface area contributed by atoms with E-state index in [1.807, 2.05) is 36.2 Å². The second-order valence-electron chi connectivity index (χ2n) is 7.30. The molecule has 2 aromatic rings. The first kappa shape index (κ1) is 17.9. The number of fused-ring (bicyclic) bond motifs is 2. The minimum Gasteiger partial charge on any atom is -0.496 e. The van der Waals surface area contributed by atoms with E-state index in [2.05, 4.69) is 35.8 Å². The van der Waals surface area contributed by atoms with Gasteiger partial charge in [-0.05, 0) is 55.8 Å². The molecule has 27 heavy (non-hydrogen) atoms. The number of hydrogen-bond acceptors (Lipinski definition) is 5. The van der Waals surface area contributed by atoms with Crippen molar-refractivity contribution >= 4 is 33.4 Å². The molecule has 7 heteroatoms. The molecule has 1 atom stereocenters. The maximum absolute atomic E-state index is 11.7. The van der Waals surface area contributed by atoms with Crippen molar-refractivity contribution in [2.75, 3.05) is 19.1 Å². The van der Waals surface area contributed by atoms with Gasteiger partial charge in [0.15, 0.2) is 0 Å². The second kappa shape index (κ2) is 5.73. The molecular weight excluding hydrogens is 412 g/mol. The molecule has 0 aliphatic carbocycles. The Hall–Kier alpha value is -2.54. The highest BCUT2D eigenvalue weighted by molar-refractivity contribution is 9.10. The van der Waals surface area contributed by atoms with E-state index in [0.717, 1.165) is 15.7 Å². The van der Waals surface area contributed by atoms with Crippen molar-refractivity contribution in [1.82, 2.24) is 0 Å². The molecule has 0 saturated carbocycles. The van der Waals surface area contributed by atoms with Crippen LogP contribution in [0.3, 0.4) is 0 Å². The molecule has 2 heterocycles. The van der Waals surface area contributed by atoms with E-state index in [9.17, 15) is 10.1 Å². The fraction of sp³-hybridized carbons (Fsp3) is 0.300. The zero-order valence-corrected chi connectivity index (χ0v) is 17.0. The minimum atomic E-state index is -0.873. The van der Waals surface area contributed by atoms with Crippen molar-refractivity contribution in [3.63, 3.8) is 0 Å². The van der Waals surface area contributed by atoms with Crippen molar-refractivity contribution < 1.29 is 14.4 Å². The van der Waals surface area contributed by atoms with Gasteiger partial charge in [0.1, 0.15) is 5.75 Å². The molecule has 1 spiro atoms. The summed E-state index contributed by atoms with van der Waals surface area (Å²) in [4.78, 5) is 13.3. The molecule has 2 aromatic carbocycles. The summed E-state index contributed by atoms with van der Waals surface area (Å²) in [7, 11) is 3.44. The van der Waals surface area contributed by atoms with Gasteiger partial charge in [-0.3, -0.25) is 10.1 Å². The van der Waals surface area contributed by atoms with Gasteiger partial charge >= 0.3 is 5.69 Å². The summed E-state index contributed by atoms with van der Waals surface area (Å²) in [5.74, 6) is 0.686. The lowest BCUT2D eigenvalue weighted by molar-refractivity contribution is -0.386. The molecular formula is C20H19BrN2O4. The van der Waals surface area contributed by atoms with Gasteiger partial charge in [-0.1, -0.05) is 15.9 Å². The Morgan fingerprint density at radius 1 is 1.26 bits per heavy atom. The molecule has 1 unspecified atom stereocenters. The van der Waals surface area contributed by atoms with Gasteiger partial charge in [-0.2, -0.15) is 0 Å². The zero-order valence-electron chi connectivity index (χ0n) is 15.4. The highest BCUT2D eigenvalue weighted by Gasteiger charge is 2.58. The smallest absolute Gasteiger partial charge is 0.315 e. The third-order valence-corrected chi connectivity index (χ3v) is 6.13. The van der Waals surface area contributed by atoms with Gasteiger partial charge in [0.25, 0.3) is 0 Å². The van der Waals surface area contributed by atoms with Crippen molar-refractivity contribution in [1.29, 1.82) is 0 Å². The average Bonchev–Trinajstić information content (AvgIpc) is 2.79. The quantitative estimate of drug-likeness (QED) is 0.500. The van der Waals surface area contributed by atoms with Crippen molar-refractivity contribution in [3.8, 4) is 11.5 Å². The Kier molecular flexibility index (Phi) is 3.79. The molecule has 4 rings (SSSR count). The van der Waals surface area contributed by atoms with Crippen LogP contribution in [0.15, 0.2) is 40.9 Å². The zero-order chi connectivity index (χ0) is 19.6. The Bertz CT molecular complexity index is 1000. The van der Waals surface area contributed by atoms with Crippen LogP contribution in [0.2, 0.25) is 0 Å². The number of nitro groups is 1. The number of rotatable bonds is 2. The Morgan fingerprint density at radius 3 is 2.67 bits per heavy atom. The third kappa shape index (κ3) is 2.31. The van der Waals surface area contributed by atoms with Crippen LogP contribution in [0.1, 0.15) is 25.0 Å². The number of halogens is 1. The van der Waals surface area contributed by atoms with E-state index in [1.54, 1.807) is 6.07 Å². The summed E-state index contributed by atoms with van der Waals surface area (Å²) in [6.07, 6.45) is 3.86. The van der Waals surface area contributed by atoms with Crippen LogP contribution in [-0.4, -0.2) is 24.8 Å². The maximum atomic E-state index is 11.7. The van der Waals surface area contributed by atoms with Crippen LogP contribution in [0.5, 0.6) is 11.5 Å². The monoisotopic (exact) mass is 430 g/mol. The molecule has 0 amide bonds. The summed E-state index contributed by atoms with van der Waals surface area (Å²) < 4.78 is 12.6. The number of ether oxygens (including phenoxy) is 2. The first-order chi connectivity index (χ1) is 12.7. The SMILES string of the molecule is COc1cc2c(c([N+](=O)[O-])c1)OC1(C=C2)N(C)c2ccc(Br)cc2C1(C)C. The number of anilines is 1. The lowest BCUT2D eigenvalue weighted by atomic mass is 9.76. The molecule has 0 bridgehead atoms. The van der Waals surface area contributed by atoms with Gasteiger partial charge in [-0.25, -0.2) is 0 Å². The second-order valence-corrected chi connectivity index (χ2v) is 8.21. The van der Waals surface area contributed by atoms with Crippen LogP contribution in [0.25, 0.3) is 6.08 Å². The Labute approximate surface area is 165 Å². The van der Waals surface area contributed by atoms with Gasteiger partial charge in [0, 0.05) is 22.8 Å².